The monoisotopic (exact) mass is 339 g/mol. The van der Waals surface area contributed by atoms with Gasteiger partial charge in [0.2, 0.25) is 11.8 Å². The fraction of sp³-hybridized carbons (Fsp3) is 0.750. The molecule has 23 heavy (non-hydrogen) atoms. The molecule has 1 aliphatic heterocycles. The number of thiazole rings is 1. The van der Waals surface area contributed by atoms with E-state index in [4.69, 9.17) is 4.74 Å². The molecule has 1 amide bonds. The van der Waals surface area contributed by atoms with E-state index in [9.17, 15) is 9.90 Å². The molecule has 2 aliphatic rings. The maximum absolute atomic E-state index is 12.3. The minimum absolute atomic E-state index is 0.0113. The highest BCUT2D eigenvalue weighted by Crippen LogP contribution is 2.30. The van der Waals surface area contributed by atoms with Crippen molar-refractivity contribution in [3.05, 3.63) is 4.88 Å². The summed E-state index contributed by atoms with van der Waals surface area (Å²) in [5.41, 5.74) is 0. The lowest BCUT2D eigenvalue weighted by molar-refractivity contribution is -0.134. The van der Waals surface area contributed by atoms with Crippen molar-refractivity contribution in [2.45, 2.75) is 38.5 Å². The Labute approximate surface area is 140 Å². The molecule has 3 rings (SSSR count). The summed E-state index contributed by atoms with van der Waals surface area (Å²) < 4.78 is 5.25. The highest BCUT2D eigenvalue weighted by atomic mass is 32.1. The maximum atomic E-state index is 12.3. The number of nitrogens with zero attached hydrogens (tertiary/aromatic N) is 2. The van der Waals surface area contributed by atoms with Gasteiger partial charge in [0, 0.05) is 19.6 Å². The number of rotatable bonds is 5. The molecule has 0 unspecified atom stereocenters. The van der Waals surface area contributed by atoms with Gasteiger partial charge in [-0.2, -0.15) is 4.98 Å². The number of aromatic nitrogens is 1. The molecule has 0 spiro atoms. The predicted molar refractivity (Wildman–Crippen MR) is 89.9 cm³/mol. The molecule has 0 bridgehead atoms. The third-order valence-corrected chi connectivity index (χ3v) is 5.62. The molecule has 6 nitrogen and oxygen atoms in total. The highest BCUT2D eigenvalue weighted by molar-refractivity contribution is 7.16. The molecule has 128 valence electrons. The molecule has 0 atom stereocenters. The second kappa shape index (κ2) is 7.97. The van der Waals surface area contributed by atoms with Gasteiger partial charge in [-0.15, -0.1) is 0 Å². The Morgan fingerprint density at radius 1 is 1.30 bits per heavy atom. The molecule has 1 aromatic rings. The number of carbonyl (C=O) groups excluding carboxylic acids is 1. The molecular weight excluding hydrogens is 314 g/mol. The van der Waals surface area contributed by atoms with Crippen LogP contribution in [0, 0.1) is 5.92 Å². The zero-order valence-electron chi connectivity index (χ0n) is 13.4. The molecule has 1 saturated heterocycles. The number of carbonyl (C=O) groups is 1. The third kappa shape index (κ3) is 4.57. The highest BCUT2D eigenvalue weighted by Gasteiger charge is 2.21. The van der Waals surface area contributed by atoms with Crippen LogP contribution in [0.15, 0.2) is 0 Å². The van der Waals surface area contributed by atoms with Crippen molar-refractivity contribution < 1.29 is 14.6 Å². The van der Waals surface area contributed by atoms with Crippen LogP contribution < -0.4 is 5.32 Å². The summed E-state index contributed by atoms with van der Waals surface area (Å²) in [5.74, 6) is 0.724. The van der Waals surface area contributed by atoms with Gasteiger partial charge < -0.3 is 20.1 Å². The lowest BCUT2D eigenvalue weighted by atomic mass is 9.89. The van der Waals surface area contributed by atoms with Crippen molar-refractivity contribution in [1.29, 1.82) is 0 Å². The quantitative estimate of drug-likeness (QED) is 0.860. The molecule has 7 heteroatoms. The van der Waals surface area contributed by atoms with E-state index in [2.05, 4.69) is 10.3 Å². The van der Waals surface area contributed by atoms with Crippen LogP contribution in [0.2, 0.25) is 0 Å². The van der Waals surface area contributed by atoms with Crippen LogP contribution in [0.4, 0.5) is 5.13 Å². The number of nitrogens with one attached hydrogen (secondary N) is 1. The Bertz CT molecular complexity index is 523. The zero-order chi connectivity index (χ0) is 16.1. The van der Waals surface area contributed by atoms with Gasteiger partial charge in [0.1, 0.15) is 0 Å². The van der Waals surface area contributed by atoms with Gasteiger partial charge in [-0.3, -0.25) is 4.79 Å². The van der Waals surface area contributed by atoms with Gasteiger partial charge in [-0.1, -0.05) is 30.6 Å². The van der Waals surface area contributed by atoms with Crippen molar-refractivity contribution in [2.24, 2.45) is 5.92 Å². The number of hydrogen-bond acceptors (Lipinski definition) is 6. The lowest BCUT2D eigenvalue weighted by Crippen LogP contribution is -2.41. The molecule has 1 saturated carbocycles. The molecule has 0 radical (unpaired) electrons. The average molecular weight is 339 g/mol. The molecule has 2 N–H and O–H groups in total. The van der Waals surface area contributed by atoms with Gasteiger partial charge >= 0.3 is 0 Å². The molecule has 1 aromatic heterocycles. The SMILES string of the molecule is O=C(Cc1sc(NCC2CCCCC2)nc1O)N1CCOCC1. The zero-order valence-corrected chi connectivity index (χ0v) is 14.2. The molecular formula is C16H25N3O3S. The number of anilines is 1. The Hall–Kier alpha value is -1.34. The van der Waals surface area contributed by atoms with E-state index < -0.39 is 0 Å². The average Bonchev–Trinajstić information content (AvgIpc) is 2.94. The summed E-state index contributed by atoms with van der Waals surface area (Å²) in [6.45, 7) is 3.35. The number of morpholine rings is 1. The normalized spacial score (nSPS) is 19.7. The number of ether oxygens (including phenoxy) is 1. The first-order chi connectivity index (χ1) is 11.2. The Kier molecular flexibility index (Phi) is 5.72. The second-order valence-electron chi connectivity index (χ2n) is 6.32. The van der Waals surface area contributed by atoms with Gasteiger partial charge in [0.15, 0.2) is 5.13 Å². The maximum Gasteiger partial charge on any atom is 0.228 e. The van der Waals surface area contributed by atoms with Gasteiger partial charge in [-0.05, 0) is 18.8 Å². The molecule has 0 aromatic carbocycles. The summed E-state index contributed by atoms with van der Waals surface area (Å²) in [6, 6.07) is 0. The van der Waals surface area contributed by atoms with Crippen LogP contribution in [-0.2, 0) is 16.0 Å². The topological polar surface area (TPSA) is 74.7 Å². The largest absolute Gasteiger partial charge is 0.492 e. The standard InChI is InChI=1S/C16H25N3O3S/c20-14(19-6-8-22-9-7-19)10-13-15(21)18-16(23-13)17-11-12-4-2-1-3-5-12/h12,21H,1-11H2,(H,17,18). The van der Waals surface area contributed by atoms with Gasteiger partial charge in [-0.25, -0.2) is 0 Å². The van der Waals surface area contributed by atoms with Gasteiger partial charge in [0.25, 0.3) is 0 Å². The van der Waals surface area contributed by atoms with Gasteiger partial charge in [0.05, 0.1) is 24.5 Å². The van der Waals surface area contributed by atoms with Crippen molar-refractivity contribution in [3.63, 3.8) is 0 Å². The van der Waals surface area contributed by atoms with Crippen molar-refractivity contribution >= 4 is 22.4 Å². The van der Waals surface area contributed by atoms with E-state index in [1.54, 1.807) is 4.90 Å². The van der Waals surface area contributed by atoms with Crippen molar-refractivity contribution in [3.8, 4) is 5.88 Å². The van der Waals surface area contributed by atoms with E-state index in [0.717, 1.165) is 11.7 Å². The van der Waals surface area contributed by atoms with Crippen LogP contribution in [-0.4, -0.2) is 53.7 Å². The second-order valence-corrected chi connectivity index (χ2v) is 7.40. The number of hydrogen-bond donors (Lipinski definition) is 2. The summed E-state index contributed by atoms with van der Waals surface area (Å²) in [6.07, 6.45) is 6.74. The lowest BCUT2D eigenvalue weighted by Gasteiger charge is -2.26. The fourth-order valence-electron chi connectivity index (χ4n) is 3.22. The first-order valence-electron chi connectivity index (χ1n) is 8.50. The Morgan fingerprint density at radius 2 is 2.04 bits per heavy atom. The minimum Gasteiger partial charge on any atom is -0.492 e. The first kappa shape index (κ1) is 16.5. The van der Waals surface area contributed by atoms with E-state index in [1.807, 2.05) is 0 Å². The van der Waals surface area contributed by atoms with Crippen molar-refractivity contribution in [1.82, 2.24) is 9.88 Å². The van der Waals surface area contributed by atoms with Crippen LogP contribution >= 0.6 is 11.3 Å². The van der Waals surface area contributed by atoms with E-state index in [1.165, 1.54) is 43.4 Å². The Morgan fingerprint density at radius 3 is 2.78 bits per heavy atom. The third-order valence-electron chi connectivity index (χ3n) is 4.62. The van der Waals surface area contributed by atoms with Crippen LogP contribution in [0.3, 0.4) is 0 Å². The predicted octanol–water partition coefficient (Wildman–Crippen LogP) is 2.24. The van der Waals surface area contributed by atoms with Crippen LogP contribution in [0.5, 0.6) is 5.88 Å². The molecule has 2 fully saturated rings. The van der Waals surface area contributed by atoms with Crippen LogP contribution in [0.1, 0.15) is 37.0 Å². The first-order valence-corrected chi connectivity index (χ1v) is 9.32. The van der Waals surface area contributed by atoms with E-state index in [0.29, 0.717) is 37.1 Å². The summed E-state index contributed by atoms with van der Waals surface area (Å²) in [4.78, 5) is 18.8. The fourth-order valence-corrected chi connectivity index (χ4v) is 4.07. The number of amides is 1. The summed E-state index contributed by atoms with van der Waals surface area (Å²) >= 11 is 1.39. The number of aromatic hydroxyl groups is 1. The van der Waals surface area contributed by atoms with Crippen LogP contribution in [0.25, 0.3) is 0 Å². The van der Waals surface area contributed by atoms with Crippen molar-refractivity contribution in [2.75, 3.05) is 38.2 Å². The Balaban J connectivity index is 1.51. The smallest absolute Gasteiger partial charge is 0.228 e. The summed E-state index contributed by atoms with van der Waals surface area (Å²) in [5, 5.41) is 14.0. The minimum atomic E-state index is -0.0113. The molecule has 2 heterocycles. The van der Waals surface area contributed by atoms with E-state index >= 15 is 0 Å². The van der Waals surface area contributed by atoms with E-state index in [-0.39, 0.29) is 18.2 Å². The summed E-state index contributed by atoms with van der Waals surface area (Å²) in [7, 11) is 0. The molecule has 1 aliphatic carbocycles.